The van der Waals surface area contributed by atoms with Gasteiger partial charge in [-0.05, 0) is 55.2 Å². The minimum Gasteiger partial charge on any atom is -0.322 e. The predicted molar refractivity (Wildman–Crippen MR) is 97.9 cm³/mol. The third-order valence-electron chi connectivity index (χ3n) is 4.67. The highest BCUT2D eigenvalue weighted by Crippen LogP contribution is 2.24. The molecule has 2 aromatic carbocycles. The van der Waals surface area contributed by atoms with Crippen LogP contribution in [0.1, 0.15) is 30.1 Å². The number of hydrogen-bond acceptors (Lipinski definition) is 3. The Morgan fingerprint density at radius 1 is 1.04 bits per heavy atom. The van der Waals surface area contributed by atoms with Gasteiger partial charge in [0.15, 0.2) is 11.6 Å². The molecule has 1 aliphatic heterocycles. The molecule has 1 amide bonds. The first-order chi connectivity index (χ1) is 12.8. The van der Waals surface area contributed by atoms with Crippen molar-refractivity contribution in [3.63, 3.8) is 0 Å². The van der Waals surface area contributed by atoms with Crippen LogP contribution >= 0.6 is 0 Å². The van der Waals surface area contributed by atoms with E-state index in [0.717, 1.165) is 25.0 Å². The fourth-order valence-corrected chi connectivity index (χ4v) is 4.40. The molecule has 0 aliphatic carbocycles. The number of benzene rings is 2. The van der Waals surface area contributed by atoms with Crippen molar-refractivity contribution in [2.24, 2.45) is 5.92 Å². The second-order valence-electron chi connectivity index (χ2n) is 6.69. The molecule has 1 fully saturated rings. The van der Waals surface area contributed by atoms with Crippen molar-refractivity contribution >= 4 is 21.6 Å². The molecule has 0 saturated carbocycles. The molecule has 5 nitrogen and oxygen atoms in total. The fourth-order valence-electron chi connectivity index (χ4n) is 2.93. The van der Waals surface area contributed by atoms with Gasteiger partial charge < -0.3 is 5.32 Å². The molecule has 1 aliphatic rings. The lowest BCUT2D eigenvalue weighted by atomic mass is 10.0. The molecule has 2 aromatic rings. The summed E-state index contributed by atoms with van der Waals surface area (Å²) in [5.74, 6) is -2.10. The first kappa shape index (κ1) is 19.4. The summed E-state index contributed by atoms with van der Waals surface area (Å²) in [6.45, 7) is 3.08. The molecular weight excluding hydrogens is 374 g/mol. The van der Waals surface area contributed by atoms with Crippen molar-refractivity contribution in [3.8, 4) is 0 Å². The average Bonchev–Trinajstić information content (AvgIpc) is 2.65. The van der Waals surface area contributed by atoms with Gasteiger partial charge in [-0.2, -0.15) is 4.31 Å². The van der Waals surface area contributed by atoms with E-state index in [-0.39, 0.29) is 16.1 Å². The summed E-state index contributed by atoms with van der Waals surface area (Å²) in [4.78, 5) is 12.3. The van der Waals surface area contributed by atoms with Crippen molar-refractivity contribution in [2.75, 3.05) is 18.4 Å². The van der Waals surface area contributed by atoms with Gasteiger partial charge in [0.25, 0.3) is 5.91 Å². The van der Waals surface area contributed by atoms with Gasteiger partial charge in [-0.3, -0.25) is 4.79 Å². The molecule has 8 heteroatoms. The number of rotatable bonds is 4. The van der Waals surface area contributed by atoms with Gasteiger partial charge in [0.05, 0.1) is 4.90 Å². The van der Waals surface area contributed by atoms with Gasteiger partial charge in [0.2, 0.25) is 10.0 Å². The Morgan fingerprint density at radius 2 is 1.67 bits per heavy atom. The molecule has 0 bridgehead atoms. The monoisotopic (exact) mass is 394 g/mol. The van der Waals surface area contributed by atoms with Gasteiger partial charge in [0, 0.05) is 30.4 Å². The maximum absolute atomic E-state index is 13.2. The Balaban J connectivity index is 1.72. The molecule has 1 saturated heterocycles. The minimum atomic E-state index is -3.59. The number of sulfonamides is 1. The number of hydrogen-bond donors (Lipinski definition) is 1. The van der Waals surface area contributed by atoms with Crippen LogP contribution in [0.15, 0.2) is 47.4 Å². The Hall–Kier alpha value is -2.32. The predicted octanol–water partition coefficient (Wildman–Crippen LogP) is 3.64. The maximum Gasteiger partial charge on any atom is 0.255 e. The molecule has 1 N–H and O–H groups in total. The molecule has 0 unspecified atom stereocenters. The zero-order valence-corrected chi connectivity index (χ0v) is 15.6. The van der Waals surface area contributed by atoms with Gasteiger partial charge in [-0.25, -0.2) is 17.2 Å². The molecule has 0 atom stereocenters. The second-order valence-corrected chi connectivity index (χ2v) is 8.63. The van der Waals surface area contributed by atoms with E-state index in [1.54, 1.807) is 0 Å². The zero-order valence-electron chi connectivity index (χ0n) is 14.8. The summed E-state index contributed by atoms with van der Waals surface area (Å²) in [6, 6.07) is 8.60. The number of amides is 1. The van der Waals surface area contributed by atoms with Crippen LogP contribution in [-0.4, -0.2) is 31.7 Å². The lowest BCUT2D eigenvalue weighted by molar-refractivity contribution is 0.102. The number of anilines is 1. The number of piperidine rings is 1. The Morgan fingerprint density at radius 3 is 2.26 bits per heavy atom. The van der Waals surface area contributed by atoms with E-state index in [4.69, 9.17) is 0 Å². The van der Waals surface area contributed by atoms with Gasteiger partial charge in [0.1, 0.15) is 0 Å². The molecule has 144 valence electrons. The first-order valence-electron chi connectivity index (χ1n) is 8.64. The fraction of sp³-hybridized carbons (Fsp3) is 0.316. The number of nitrogens with one attached hydrogen (secondary N) is 1. The highest BCUT2D eigenvalue weighted by atomic mass is 32.2. The number of carbonyl (C=O) groups excluding carboxylic acids is 1. The van der Waals surface area contributed by atoms with Crippen molar-refractivity contribution in [1.82, 2.24) is 4.31 Å². The third-order valence-corrected chi connectivity index (χ3v) is 6.59. The lowest BCUT2D eigenvalue weighted by Crippen LogP contribution is -2.37. The second kappa shape index (κ2) is 7.74. The number of carbonyl (C=O) groups is 1. The molecule has 0 aromatic heterocycles. The molecule has 0 spiro atoms. The van der Waals surface area contributed by atoms with Gasteiger partial charge >= 0.3 is 0 Å². The van der Waals surface area contributed by atoms with Crippen molar-refractivity contribution in [1.29, 1.82) is 0 Å². The van der Waals surface area contributed by atoms with E-state index in [2.05, 4.69) is 12.2 Å². The summed E-state index contributed by atoms with van der Waals surface area (Å²) in [7, 11) is -3.59. The van der Waals surface area contributed by atoms with Gasteiger partial charge in [-0.15, -0.1) is 0 Å². The molecule has 27 heavy (non-hydrogen) atoms. The van der Waals surface area contributed by atoms with Crippen LogP contribution in [0.5, 0.6) is 0 Å². The van der Waals surface area contributed by atoms with Crippen molar-refractivity contribution < 1.29 is 22.0 Å². The smallest absolute Gasteiger partial charge is 0.255 e. The topological polar surface area (TPSA) is 66.5 Å². The van der Waals surface area contributed by atoms with Crippen LogP contribution in [0.2, 0.25) is 0 Å². The Kier molecular flexibility index (Phi) is 5.57. The summed E-state index contributed by atoms with van der Waals surface area (Å²) in [5, 5.41) is 2.45. The summed E-state index contributed by atoms with van der Waals surface area (Å²) in [6.07, 6.45) is 1.65. The lowest BCUT2D eigenvalue weighted by Gasteiger charge is -2.29. The summed E-state index contributed by atoms with van der Waals surface area (Å²) >= 11 is 0. The van der Waals surface area contributed by atoms with E-state index in [9.17, 15) is 22.0 Å². The van der Waals surface area contributed by atoms with Crippen LogP contribution in [-0.2, 0) is 10.0 Å². The first-order valence-corrected chi connectivity index (χ1v) is 10.1. The summed E-state index contributed by atoms with van der Waals surface area (Å²) in [5.41, 5.74) is 0.323. The van der Waals surface area contributed by atoms with Crippen LogP contribution in [0.4, 0.5) is 14.5 Å². The SMILES string of the molecule is CC1CCN(S(=O)(=O)c2ccc(C(=O)Nc3ccc(F)c(F)c3)cc2)CC1. The van der Waals surface area contributed by atoms with Gasteiger partial charge in [-0.1, -0.05) is 6.92 Å². The van der Waals surface area contributed by atoms with Crippen molar-refractivity contribution in [2.45, 2.75) is 24.7 Å². The third kappa shape index (κ3) is 4.33. The quantitative estimate of drug-likeness (QED) is 0.861. The molecule has 0 radical (unpaired) electrons. The van der Waals surface area contributed by atoms with E-state index < -0.39 is 27.6 Å². The highest BCUT2D eigenvalue weighted by Gasteiger charge is 2.28. The zero-order chi connectivity index (χ0) is 19.6. The number of halogens is 2. The van der Waals surface area contributed by atoms with E-state index in [1.807, 2.05) is 0 Å². The largest absolute Gasteiger partial charge is 0.322 e. The molecule has 3 rings (SSSR count). The molecule has 1 heterocycles. The molecular formula is C19H20F2N2O3S. The Bertz CT molecular complexity index is 938. The number of nitrogens with zero attached hydrogens (tertiary/aromatic N) is 1. The minimum absolute atomic E-state index is 0.109. The standard InChI is InChI=1S/C19H20F2N2O3S/c1-13-8-10-23(11-9-13)27(25,26)16-5-2-14(3-6-16)19(24)22-15-4-7-17(20)18(21)12-15/h2-7,12-13H,8-11H2,1H3,(H,22,24). The van der Waals surface area contributed by atoms with Crippen LogP contribution in [0.25, 0.3) is 0 Å². The van der Waals surface area contributed by atoms with Crippen molar-refractivity contribution in [3.05, 3.63) is 59.7 Å². The van der Waals surface area contributed by atoms with Crippen LogP contribution in [0, 0.1) is 17.6 Å². The normalized spacial score (nSPS) is 16.3. The van der Waals surface area contributed by atoms with E-state index in [1.165, 1.54) is 34.6 Å². The maximum atomic E-state index is 13.2. The van der Waals surface area contributed by atoms with Crippen LogP contribution < -0.4 is 5.32 Å². The van der Waals surface area contributed by atoms with E-state index >= 15 is 0 Å². The average molecular weight is 394 g/mol. The summed E-state index contributed by atoms with van der Waals surface area (Å²) < 4.78 is 53.0. The van der Waals surface area contributed by atoms with E-state index in [0.29, 0.717) is 19.0 Å². The van der Waals surface area contributed by atoms with Crippen LogP contribution in [0.3, 0.4) is 0 Å². The highest BCUT2D eigenvalue weighted by molar-refractivity contribution is 7.89. The Labute approximate surface area is 157 Å².